The van der Waals surface area contributed by atoms with E-state index in [2.05, 4.69) is 0 Å². The van der Waals surface area contributed by atoms with Gasteiger partial charge in [-0.25, -0.2) is 0 Å². The van der Waals surface area contributed by atoms with Gasteiger partial charge in [0, 0.05) is 30.6 Å². The Morgan fingerprint density at radius 1 is 1.26 bits per heavy atom. The second kappa shape index (κ2) is 6.45. The summed E-state index contributed by atoms with van der Waals surface area (Å²) in [5, 5.41) is 0. The third-order valence-corrected chi connectivity index (χ3v) is 5.46. The van der Waals surface area contributed by atoms with Crippen LogP contribution in [0.3, 0.4) is 0 Å². The van der Waals surface area contributed by atoms with Gasteiger partial charge in [0.2, 0.25) is 5.91 Å². The van der Waals surface area contributed by atoms with Crippen molar-refractivity contribution >= 4 is 23.2 Å². The van der Waals surface area contributed by atoms with Crippen LogP contribution >= 0.6 is 11.3 Å². The van der Waals surface area contributed by atoms with Crippen molar-refractivity contribution in [3.63, 3.8) is 0 Å². The predicted octanol–water partition coefficient (Wildman–Crippen LogP) is 1.60. The molecule has 2 saturated heterocycles. The fourth-order valence-corrected chi connectivity index (χ4v) is 4.16. The molecule has 0 aromatic carbocycles. The molecule has 5 nitrogen and oxygen atoms in total. The summed E-state index contributed by atoms with van der Waals surface area (Å²) in [7, 11) is 3.95. The number of aryl methyl sites for hydroxylation is 1. The second-order valence-electron chi connectivity index (χ2n) is 6.57. The summed E-state index contributed by atoms with van der Waals surface area (Å²) in [6, 6.07) is 4.22. The number of likely N-dealkylation sites (N-methyl/N-ethyl adjacent to an activating group) is 1. The zero-order valence-corrected chi connectivity index (χ0v) is 14.7. The van der Waals surface area contributed by atoms with Gasteiger partial charge in [0.25, 0.3) is 5.91 Å². The van der Waals surface area contributed by atoms with Gasteiger partial charge >= 0.3 is 0 Å². The number of amides is 2. The number of thiophene rings is 1. The van der Waals surface area contributed by atoms with Gasteiger partial charge < -0.3 is 14.7 Å². The van der Waals surface area contributed by atoms with E-state index in [4.69, 9.17) is 0 Å². The third-order valence-electron chi connectivity index (χ3n) is 4.47. The number of fused-ring (bicyclic) bond motifs is 2. The lowest BCUT2D eigenvalue weighted by Crippen LogP contribution is -2.50. The second-order valence-corrected chi connectivity index (χ2v) is 7.85. The van der Waals surface area contributed by atoms with Gasteiger partial charge in [0.1, 0.15) is 0 Å². The molecule has 3 rings (SSSR count). The fourth-order valence-electron chi connectivity index (χ4n) is 3.34. The molecule has 0 spiro atoms. The van der Waals surface area contributed by atoms with Gasteiger partial charge in [-0.1, -0.05) is 6.08 Å². The first kappa shape index (κ1) is 16.2. The highest BCUT2D eigenvalue weighted by molar-refractivity contribution is 7.13. The van der Waals surface area contributed by atoms with Crippen molar-refractivity contribution in [2.75, 3.05) is 33.7 Å². The lowest BCUT2D eigenvalue weighted by Gasteiger charge is -2.33. The Bertz CT molecular complexity index is 638. The number of piperazine rings is 1. The maximum Gasteiger partial charge on any atom is 0.264 e. The first-order chi connectivity index (χ1) is 11.0. The van der Waals surface area contributed by atoms with Gasteiger partial charge in [0.15, 0.2) is 0 Å². The van der Waals surface area contributed by atoms with Crippen LogP contribution < -0.4 is 0 Å². The van der Waals surface area contributed by atoms with Crippen LogP contribution in [0.5, 0.6) is 0 Å². The Balaban J connectivity index is 1.60. The van der Waals surface area contributed by atoms with Gasteiger partial charge in [-0.2, -0.15) is 0 Å². The number of hydrogen-bond acceptors (Lipinski definition) is 4. The van der Waals surface area contributed by atoms with E-state index in [-0.39, 0.29) is 23.9 Å². The zero-order chi connectivity index (χ0) is 16.6. The van der Waals surface area contributed by atoms with E-state index in [0.717, 1.165) is 22.7 Å². The van der Waals surface area contributed by atoms with E-state index in [1.165, 1.54) is 0 Å². The van der Waals surface area contributed by atoms with Gasteiger partial charge in [0.05, 0.1) is 17.0 Å². The molecule has 0 N–H and O–H groups in total. The lowest BCUT2D eigenvalue weighted by atomic mass is 10.2. The molecule has 0 aliphatic carbocycles. The van der Waals surface area contributed by atoms with Crippen LogP contribution in [0.25, 0.3) is 0 Å². The number of carbonyl (C=O) groups excluding carboxylic acids is 2. The highest BCUT2D eigenvalue weighted by atomic mass is 32.1. The van der Waals surface area contributed by atoms with Crippen molar-refractivity contribution < 1.29 is 9.59 Å². The molecular weight excluding hydrogens is 310 g/mol. The average Bonchev–Trinajstić information content (AvgIpc) is 3.20. The Kier molecular flexibility index (Phi) is 4.55. The van der Waals surface area contributed by atoms with Crippen LogP contribution in [-0.4, -0.2) is 72.3 Å². The highest BCUT2D eigenvalue weighted by Gasteiger charge is 2.46. The van der Waals surface area contributed by atoms with E-state index in [1.54, 1.807) is 17.4 Å². The quantitative estimate of drug-likeness (QED) is 0.786. The van der Waals surface area contributed by atoms with E-state index >= 15 is 0 Å². The molecule has 3 heterocycles. The minimum atomic E-state index is 0.0680. The Morgan fingerprint density at radius 3 is 2.52 bits per heavy atom. The summed E-state index contributed by atoms with van der Waals surface area (Å²) in [4.78, 5) is 32.7. The minimum Gasteiger partial charge on any atom is -0.332 e. The van der Waals surface area contributed by atoms with E-state index in [9.17, 15) is 9.59 Å². The lowest BCUT2D eigenvalue weighted by molar-refractivity contribution is -0.128. The Labute approximate surface area is 141 Å². The minimum absolute atomic E-state index is 0.0680. The molecule has 0 saturated carbocycles. The van der Waals surface area contributed by atoms with Crippen LogP contribution in [0, 0.1) is 6.92 Å². The van der Waals surface area contributed by atoms with Gasteiger partial charge in [-0.05, 0) is 39.6 Å². The maximum atomic E-state index is 12.6. The topological polar surface area (TPSA) is 43.9 Å². The normalized spacial score (nSPS) is 23.5. The van der Waals surface area contributed by atoms with Crippen molar-refractivity contribution in [3.8, 4) is 0 Å². The van der Waals surface area contributed by atoms with Crippen LogP contribution in [-0.2, 0) is 4.79 Å². The summed E-state index contributed by atoms with van der Waals surface area (Å²) in [5.74, 6) is 0.185. The summed E-state index contributed by atoms with van der Waals surface area (Å²) in [5.41, 5.74) is 0. The van der Waals surface area contributed by atoms with Crippen molar-refractivity contribution in [2.45, 2.75) is 25.4 Å². The summed E-state index contributed by atoms with van der Waals surface area (Å²) in [6.45, 7) is 4.09. The fraction of sp³-hybridized carbons (Fsp3) is 0.529. The number of rotatable bonds is 4. The van der Waals surface area contributed by atoms with Crippen molar-refractivity contribution in [1.29, 1.82) is 0 Å². The van der Waals surface area contributed by atoms with E-state index in [1.807, 2.05) is 53.9 Å². The first-order valence-corrected chi connectivity index (χ1v) is 8.76. The molecular formula is C17H23N3O2S. The zero-order valence-electron chi connectivity index (χ0n) is 13.9. The molecule has 0 radical (unpaired) electrons. The largest absolute Gasteiger partial charge is 0.332 e. The maximum absolute atomic E-state index is 12.6. The smallest absolute Gasteiger partial charge is 0.264 e. The summed E-state index contributed by atoms with van der Waals surface area (Å²) in [6.07, 6.45) is 4.46. The Morgan fingerprint density at radius 2 is 1.96 bits per heavy atom. The SMILES string of the molecule is Cc1ccc(C(=O)N2C[C@H]3CC2CN3C(=O)/C=C/CN(C)C)s1. The van der Waals surface area contributed by atoms with Crippen molar-refractivity contribution in [1.82, 2.24) is 14.7 Å². The predicted molar refractivity (Wildman–Crippen MR) is 91.7 cm³/mol. The molecule has 124 valence electrons. The third kappa shape index (κ3) is 3.33. The molecule has 2 bridgehead atoms. The van der Waals surface area contributed by atoms with E-state index in [0.29, 0.717) is 13.1 Å². The molecule has 2 aliphatic rings. The van der Waals surface area contributed by atoms with Crippen LogP contribution in [0.1, 0.15) is 21.0 Å². The number of hydrogen-bond donors (Lipinski definition) is 0. The molecule has 1 aromatic rings. The molecule has 2 aliphatic heterocycles. The van der Waals surface area contributed by atoms with Crippen LogP contribution in [0.4, 0.5) is 0 Å². The Hall–Kier alpha value is -1.66. The molecule has 2 atom stereocenters. The number of likely N-dealkylation sites (tertiary alicyclic amines) is 2. The summed E-state index contributed by atoms with van der Waals surface area (Å²) < 4.78 is 0. The highest BCUT2D eigenvalue weighted by Crippen LogP contribution is 2.33. The summed E-state index contributed by atoms with van der Waals surface area (Å²) >= 11 is 1.54. The van der Waals surface area contributed by atoms with Crippen molar-refractivity contribution in [2.24, 2.45) is 0 Å². The van der Waals surface area contributed by atoms with Crippen molar-refractivity contribution in [3.05, 3.63) is 34.0 Å². The molecule has 6 heteroatoms. The average molecular weight is 333 g/mol. The van der Waals surface area contributed by atoms with Crippen LogP contribution in [0.2, 0.25) is 0 Å². The standard InChI is InChI=1S/C17H23N3O2S/c1-12-6-7-15(23-12)17(22)20-11-13-9-14(20)10-19(13)16(21)5-4-8-18(2)3/h4-7,13-14H,8-11H2,1-3H3/b5-4+/t13-,14?/m1/s1. The number of nitrogens with zero attached hydrogens (tertiary/aromatic N) is 3. The monoisotopic (exact) mass is 333 g/mol. The molecule has 1 unspecified atom stereocenters. The van der Waals surface area contributed by atoms with E-state index < -0.39 is 0 Å². The van der Waals surface area contributed by atoms with Crippen LogP contribution in [0.15, 0.2) is 24.3 Å². The molecule has 2 fully saturated rings. The van der Waals surface area contributed by atoms with Gasteiger partial charge in [-0.3, -0.25) is 9.59 Å². The first-order valence-electron chi connectivity index (χ1n) is 7.95. The molecule has 2 amide bonds. The molecule has 23 heavy (non-hydrogen) atoms. The molecule has 1 aromatic heterocycles. The number of carbonyl (C=O) groups is 2. The van der Waals surface area contributed by atoms with Gasteiger partial charge in [-0.15, -0.1) is 11.3 Å².